The molecule has 3 heterocycles. The van der Waals surface area contributed by atoms with Crippen LogP contribution in [0, 0.1) is 0 Å². The van der Waals surface area contributed by atoms with E-state index in [0.717, 1.165) is 33.7 Å². The summed E-state index contributed by atoms with van der Waals surface area (Å²) in [5.74, 6) is 0. The highest BCUT2D eigenvalue weighted by Crippen LogP contribution is 2.52. The van der Waals surface area contributed by atoms with Gasteiger partial charge in [-0.3, -0.25) is 0 Å². The van der Waals surface area contributed by atoms with Crippen LogP contribution in [0.15, 0.2) is 158 Å². The summed E-state index contributed by atoms with van der Waals surface area (Å²) < 4.78 is 4.81. The van der Waals surface area contributed by atoms with Crippen LogP contribution in [-0.4, -0.2) is 19.1 Å². The minimum absolute atomic E-state index is 0.889. The van der Waals surface area contributed by atoms with Crippen molar-refractivity contribution >= 4 is 76.2 Å². The van der Waals surface area contributed by atoms with E-state index in [4.69, 9.17) is 9.97 Å². The van der Waals surface area contributed by atoms with E-state index in [-0.39, 0.29) is 0 Å². The number of para-hydroxylation sites is 4. The Balaban J connectivity index is 1.16. The Bertz CT molecular complexity index is 3160. The molecule has 3 aromatic heterocycles. The summed E-state index contributed by atoms with van der Waals surface area (Å²) in [6.45, 7) is 0. The van der Waals surface area contributed by atoms with Crippen LogP contribution in [0.1, 0.15) is 0 Å². The molecule has 0 aliphatic heterocycles. The van der Waals surface area contributed by atoms with E-state index in [1.807, 2.05) is 0 Å². The highest BCUT2D eigenvalue weighted by atomic mass is 15.0. The molecule has 0 saturated carbocycles. The van der Waals surface area contributed by atoms with E-state index < -0.39 is 0 Å². The summed E-state index contributed by atoms with van der Waals surface area (Å²) in [5, 5.41) is 9.83. The second kappa shape index (κ2) is 9.43. The lowest BCUT2D eigenvalue weighted by atomic mass is 9.94. The third-order valence-corrected chi connectivity index (χ3v) is 10.8. The zero-order valence-corrected chi connectivity index (χ0v) is 26.8. The molecule has 8 aromatic carbocycles. The molecule has 0 N–H and O–H groups in total. The van der Waals surface area contributed by atoms with Gasteiger partial charge in [-0.1, -0.05) is 115 Å². The van der Waals surface area contributed by atoms with Crippen LogP contribution in [0.4, 0.5) is 0 Å². The van der Waals surface area contributed by atoms with Gasteiger partial charge in [0.2, 0.25) is 0 Å². The molecule has 1 aliphatic rings. The molecule has 0 atom stereocenters. The highest BCUT2D eigenvalue weighted by Gasteiger charge is 2.30. The summed E-state index contributed by atoms with van der Waals surface area (Å²) in [6.07, 6.45) is 0. The third-order valence-electron chi connectivity index (χ3n) is 10.8. The van der Waals surface area contributed by atoms with Gasteiger partial charge in [0.25, 0.3) is 0 Å². The van der Waals surface area contributed by atoms with Crippen LogP contribution in [0.5, 0.6) is 0 Å². The first kappa shape index (κ1) is 26.2. The molecular formula is C46H26N4. The zero-order chi connectivity index (χ0) is 32.5. The van der Waals surface area contributed by atoms with Crippen LogP contribution >= 0.6 is 0 Å². The molecule has 1 aliphatic carbocycles. The lowest BCUT2D eigenvalue weighted by Crippen LogP contribution is -1.98. The molecule has 0 radical (unpaired) electrons. The quantitative estimate of drug-likeness (QED) is 0.177. The number of benzene rings is 8. The van der Waals surface area contributed by atoms with Crippen LogP contribution in [0.2, 0.25) is 0 Å². The van der Waals surface area contributed by atoms with E-state index in [0.29, 0.717) is 0 Å². The zero-order valence-electron chi connectivity index (χ0n) is 26.8. The van der Waals surface area contributed by atoms with E-state index in [1.165, 1.54) is 76.4 Å². The largest absolute Gasteiger partial charge is 0.309 e. The molecule has 12 rings (SSSR count). The minimum atomic E-state index is 0.889. The second-order valence-corrected chi connectivity index (χ2v) is 13.3. The van der Waals surface area contributed by atoms with Crippen molar-refractivity contribution in [1.29, 1.82) is 0 Å². The maximum atomic E-state index is 5.44. The van der Waals surface area contributed by atoms with Gasteiger partial charge in [-0.2, -0.15) is 0 Å². The highest BCUT2D eigenvalue weighted by molar-refractivity contribution is 6.27. The van der Waals surface area contributed by atoms with Gasteiger partial charge in [0.15, 0.2) is 0 Å². The first-order valence-corrected chi connectivity index (χ1v) is 17.1. The molecule has 0 unspecified atom stereocenters. The van der Waals surface area contributed by atoms with Crippen LogP contribution in [-0.2, 0) is 0 Å². The maximum Gasteiger partial charge on any atom is 0.0986 e. The molecule has 0 fully saturated rings. The summed E-state index contributed by atoms with van der Waals surface area (Å²) in [4.78, 5) is 10.8. The van der Waals surface area contributed by atoms with Crippen LogP contribution in [0.3, 0.4) is 0 Å². The van der Waals surface area contributed by atoms with Crippen molar-refractivity contribution in [2.75, 3.05) is 0 Å². The Morgan fingerprint density at radius 1 is 0.360 bits per heavy atom. The van der Waals surface area contributed by atoms with Crippen molar-refractivity contribution in [2.45, 2.75) is 0 Å². The smallest absolute Gasteiger partial charge is 0.0986 e. The standard InChI is InChI=1S/C46H26N4/c1-2-17-33-32(16-1)43-42-34(18-11-19-35(42)46(33)50-40-22-9-5-14-30(40)31-15-6-10-23-41(31)50)44-45(43)47-36-25-24-27(26-37(36)48-44)49-38-20-7-3-12-28(38)29-13-4-8-21-39(29)49/h1-26H. The number of aromatic nitrogens is 4. The predicted molar refractivity (Wildman–Crippen MR) is 208 cm³/mol. The van der Waals surface area contributed by atoms with E-state index in [1.54, 1.807) is 0 Å². The van der Waals surface area contributed by atoms with Crippen molar-refractivity contribution in [3.05, 3.63) is 158 Å². The van der Waals surface area contributed by atoms with Gasteiger partial charge in [-0.25, -0.2) is 9.97 Å². The van der Waals surface area contributed by atoms with Gasteiger partial charge in [-0.05, 0) is 47.9 Å². The average Bonchev–Trinajstić information content (AvgIpc) is 3.81. The fourth-order valence-corrected chi connectivity index (χ4v) is 8.80. The fourth-order valence-electron chi connectivity index (χ4n) is 8.80. The summed E-state index contributed by atoms with van der Waals surface area (Å²) in [5.41, 5.74) is 13.0. The number of rotatable bonds is 2. The number of fused-ring (bicyclic) bond motifs is 12. The molecular weight excluding hydrogens is 609 g/mol. The Hall–Kier alpha value is -6.78. The summed E-state index contributed by atoms with van der Waals surface area (Å²) in [7, 11) is 0. The number of nitrogens with zero attached hydrogens (tertiary/aromatic N) is 4. The van der Waals surface area contributed by atoms with Crippen molar-refractivity contribution in [3.8, 4) is 33.9 Å². The van der Waals surface area contributed by atoms with Gasteiger partial charge in [-0.15, -0.1) is 0 Å². The topological polar surface area (TPSA) is 35.6 Å². The van der Waals surface area contributed by atoms with Gasteiger partial charge >= 0.3 is 0 Å². The van der Waals surface area contributed by atoms with Gasteiger partial charge < -0.3 is 9.13 Å². The SMILES string of the molecule is c1ccc2c3c4c(cccc4c(-n4c5ccccc5c5ccccc54)c2c1)-c1nc2cc(-n4c5ccccc5c5ccccc54)ccc2nc1-3. The van der Waals surface area contributed by atoms with E-state index in [9.17, 15) is 0 Å². The Labute approximate surface area is 286 Å². The molecule has 0 spiro atoms. The molecule has 4 heteroatoms. The first-order chi connectivity index (χ1) is 24.8. The average molecular weight is 635 g/mol. The normalized spacial score (nSPS) is 12.4. The van der Waals surface area contributed by atoms with Crippen LogP contribution in [0.25, 0.3) is 110 Å². The maximum absolute atomic E-state index is 5.44. The summed E-state index contributed by atoms with van der Waals surface area (Å²) >= 11 is 0. The molecule has 230 valence electrons. The minimum Gasteiger partial charge on any atom is -0.309 e. The van der Waals surface area contributed by atoms with Gasteiger partial charge in [0.05, 0.1) is 50.2 Å². The summed E-state index contributed by atoms with van der Waals surface area (Å²) in [6, 6.07) is 56.8. The number of hydrogen-bond donors (Lipinski definition) is 0. The van der Waals surface area contributed by atoms with Crippen molar-refractivity contribution in [3.63, 3.8) is 0 Å². The lowest BCUT2D eigenvalue weighted by Gasteiger charge is -2.17. The second-order valence-electron chi connectivity index (χ2n) is 13.3. The molecule has 50 heavy (non-hydrogen) atoms. The van der Waals surface area contributed by atoms with Gasteiger partial charge in [0.1, 0.15) is 0 Å². The number of hydrogen-bond acceptors (Lipinski definition) is 2. The van der Waals surface area contributed by atoms with Crippen LogP contribution < -0.4 is 0 Å². The van der Waals surface area contributed by atoms with Gasteiger partial charge in [0, 0.05) is 54.5 Å². The molecule has 0 bridgehead atoms. The molecule has 0 saturated heterocycles. The van der Waals surface area contributed by atoms with E-state index in [2.05, 4.69) is 167 Å². The van der Waals surface area contributed by atoms with Crippen molar-refractivity contribution < 1.29 is 0 Å². The van der Waals surface area contributed by atoms with Crippen molar-refractivity contribution in [1.82, 2.24) is 19.1 Å². The predicted octanol–water partition coefficient (Wildman–Crippen LogP) is 11.8. The monoisotopic (exact) mass is 634 g/mol. The lowest BCUT2D eigenvalue weighted by molar-refractivity contribution is 1.18. The molecule has 11 aromatic rings. The first-order valence-electron chi connectivity index (χ1n) is 17.1. The third kappa shape index (κ3) is 3.25. The molecule has 0 amide bonds. The fraction of sp³-hybridized carbons (Fsp3) is 0. The van der Waals surface area contributed by atoms with E-state index >= 15 is 0 Å². The van der Waals surface area contributed by atoms with Crippen molar-refractivity contribution in [2.24, 2.45) is 0 Å². The Morgan fingerprint density at radius 3 is 1.48 bits per heavy atom. The Kier molecular flexibility index (Phi) is 4.94. The Morgan fingerprint density at radius 2 is 0.860 bits per heavy atom. The molecule has 4 nitrogen and oxygen atoms in total.